The zero-order chi connectivity index (χ0) is 9.52. The van der Waals surface area contributed by atoms with Gasteiger partial charge in [-0.1, -0.05) is 13.0 Å². The second-order valence-corrected chi connectivity index (χ2v) is 3.37. The van der Waals surface area contributed by atoms with Crippen molar-refractivity contribution in [1.82, 2.24) is 5.32 Å². The van der Waals surface area contributed by atoms with Gasteiger partial charge in [0.15, 0.2) is 0 Å². The zero-order valence-electron chi connectivity index (χ0n) is 8.25. The highest BCUT2D eigenvalue weighted by molar-refractivity contribution is 5.06. The van der Waals surface area contributed by atoms with Gasteiger partial charge in [-0.05, 0) is 18.4 Å². The summed E-state index contributed by atoms with van der Waals surface area (Å²) in [5.41, 5.74) is 1.30. The summed E-state index contributed by atoms with van der Waals surface area (Å²) in [7, 11) is 0. The van der Waals surface area contributed by atoms with Crippen molar-refractivity contribution in [3.8, 4) is 0 Å². The van der Waals surface area contributed by atoms with Gasteiger partial charge in [0, 0.05) is 12.6 Å². The number of ether oxygens (including phenoxy) is 1. The van der Waals surface area contributed by atoms with E-state index in [0.29, 0.717) is 0 Å². The van der Waals surface area contributed by atoms with Crippen LogP contribution in [0.2, 0.25) is 0 Å². The van der Waals surface area contributed by atoms with Crippen LogP contribution in [-0.2, 0) is 4.74 Å². The number of rotatable bonds is 5. The molecule has 0 aromatic heterocycles. The summed E-state index contributed by atoms with van der Waals surface area (Å²) in [6.07, 6.45) is 4.21. The smallest absolute Gasteiger partial charge is 0.0689 e. The molecule has 1 aliphatic rings. The van der Waals surface area contributed by atoms with Gasteiger partial charge >= 0.3 is 0 Å². The van der Waals surface area contributed by atoms with Crippen molar-refractivity contribution in [3.63, 3.8) is 0 Å². The van der Waals surface area contributed by atoms with Gasteiger partial charge in [-0.15, -0.1) is 0 Å². The molecule has 76 valence electrons. The molecule has 0 aliphatic carbocycles. The Morgan fingerprint density at radius 2 is 2.54 bits per heavy atom. The van der Waals surface area contributed by atoms with Crippen molar-refractivity contribution in [2.24, 2.45) is 0 Å². The summed E-state index contributed by atoms with van der Waals surface area (Å²) in [4.78, 5) is 0. The van der Waals surface area contributed by atoms with Crippen LogP contribution < -0.4 is 5.32 Å². The third kappa shape index (κ3) is 3.89. The topological polar surface area (TPSA) is 41.5 Å². The van der Waals surface area contributed by atoms with E-state index in [1.165, 1.54) is 5.57 Å². The molecule has 1 atom stereocenters. The minimum Gasteiger partial charge on any atom is -0.395 e. The van der Waals surface area contributed by atoms with Gasteiger partial charge in [-0.25, -0.2) is 0 Å². The molecule has 0 saturated heterocycles. The van der Waals surface area contributed by atoms with E-state index < -0.39 is 0 Å². The lowest BCUT2D eigenvalue weighted by atomic mass is 10.1. The Kier molecular flexibility index (Phi) is 5.05. The number of aliphatic hydroxyl groups excluding tert-OH is 1. The first kappa shape index (κ1) is 10.7. The SMILES string of the molecule is CC[C@H](CO)NCC1=CCCOC1. The quantitative estimate of drug-likeness (QED) is 0.619. The Morgan fingerprint density at radius 3 is 3.08 bits per heavy atom. The molecule has 1 aliphatic heterocycles. The van der Waals surface area contributed by atoms with E-state index >= 15 is 0 Å². The van der Waals surface area contributed by atoms with Crippen molar-refractivity contribution < 1.29 is 9.84 Å². The second-order valence-electron chi connectivity index (χ2n) is 3.37. The summed E-state index contributed by atoms with van der Waals surface area (Å²) >= 11 is 0. The van der Waals surface area contributed by atoms with E-state index in [0.717, 1.165) is 32.6 Å². The lowest BCUT2D eigenvalue weighted by molar-refractivity contribution is 0.147. The summed E-state index contributed by atoms with van der Waals surface area (Å²) in [6.45, 7) is 4.72. The monoisotopic (exact) mass is 185 g/mol. The van der Waals surface area contributed by atoms with Crippen LogP contribution in [0.1, 0.15) is 19.8 Å². The highest BCUT2D eigenvalue weighted by atomic mass is 16.5. The summed E-state index contributed by atoms with van der Waals surface area (Å²) in [5, 5.41) is 12.2. The predicted molar refractivity (Wildman–Crippen MR) is 52.7 cm³/mol. The highest BCUT2D eigenvalue weighted by Gasteiger charge is 2.06. The Balaban J connectivity index is 2.20. The van der Waals surface area contributed by atoms with Crippen LogP contribution in [-0.4, -0.2) is 37.5 Å². The first-order chi connectivity index (χ1) is 6.36. The molecule has 3 nitrogen and oxygen atoms in total. The van der Waals surface area contributed by atoms with Crippen LogP contribution in [0.5, 0.6) is 0 Å². The van der Waals surface area contributed by atoms with Gasteiger partial charge in [0.1, 0.15) is 0 Å². The van der Waals surface area contributed by atoms with E-state index in [4.69, 9.17) is 9.84 Å². The summed E-state index contributed by atoms with van der Waals surface area (Å²) in [6, 6.07) is 0.225. The van der Waals surface area contributed by atoms with E-state index in [1.54, 1.807) is 0 Å². The average Bonchev–Trinajstić information content (AvgIpc) is 2.21. The molecule has 1 rings (SSSR count). The van der Waals surface area contributed by atoms with Crippen LogP contribution >= 0.6 is 0 Å². The number of hydrogen-bond acceptors (Lipinski definition) is 3. The van der Waals surface area contributed by atoms with Crippen molar-refractivity contribution in [3.05, 3.63) is 11.6 Å². The maximum absolute atomic E-state index is 8.94. The Bertz CT molecular complexity index is 164. The summed E-state index contributed by atoms with van der Waals surface area (Å²) < 4.78 is 5.31. The lowest BCUT2D eigenvalue weighted by Gasteiger charge is -2.18. The largest absolute Gasteiger partial charge is 0.395 e. The third-order valence-electron chi connectivity index (χ3n) is 2.31. The van der Waals surface area contributed by atoms with Gasteiger partial charge in [0.2, 0.25) is 0 Å². The van der Waals surface area contributed by atoms with E-state index in [1.807, 2.05) is 0 Å². The molecular weight excluding hydrogens is 166 g/mol. The van der Waals surface area contributed by atoms with E-state index in [-0.39, 0.29) is 12.6 Å². The molecule has 0 saturated carbocycles. The van der Waals surface area contributed by atoms with Gasteiger partial charge in [0.05, 0.1) is 19.8 Å². The summed E-state index contributed by atoms with van der Waals surface area (Å²) in [5.74, 6) is 0. The fourth-order valence-electron chi connectivity index (χ4n) is 1.35. The molecule has 0 fully saturated rings. The van der Waals surface area contributed by atoms with Crippen LogP contribution in [0.4, 0.5) is 0 Å². The Labute approximate surface area is 79.8 Å². The van der Waals surface area contributed by atoms with Gasteiger partial charge in [-0.3, -0.25) is 0 Å². The molecule has 1 heterocycles. The molecule has 0 amide bonds. The average molecular weight is 185 g/mol. The number of aliphatic hydroxyl groups is 1. The molecule has 2 N–H and O–H groups in total. The first-order valence-electron chi connectivity index (χ1n) is 4.96. The van der Waals surface area contributed by atoms with E-state index in [9.17, 15) is 0 Å². The fourth-order valence-corrected chi connectivity index (χ4v) is 1.35. The molecule has 0 unspecified atom stereocenters. The molecule has 0 aromatic rings. The number of hydrogen-bond donors (Lipinski definition) is 2. The second kappa shape index (κ2) is 6.13. The van der Waals surface area contributed by atoms with Crippen LogP contribution in [0.25, 0.3) is 0 Å². The highest BCUT2D eigenvalue weighted by Crippen LogP contribution is 2.04. The minimum atomic E-state index is 0.213. The standard InChI is InChI=1S/C10H19NO2/c1-2-10(7-12)11-6-9-4-3-5-13-8-9/h4,10-12H,2-3,5-8H2,1H3/t10-/m1/s1. The maximum atomic E-state index is 8.94. The van der Waals surface area contributed by atoms with Gasteiger partial charge < -0.3 is 15.2 Å². The molecule has 13 heavy (non-hydrogen) atoms. The zero-order valence-corrected chi connectivity index (χ0v) is 8.25. The predicted octanol–water partition coefficient (Wildman–Crippen LogP) is 0.694. The van der Waals surface area contributed by atoms with Gasteiger partial charge in [0.25, 0.3) is 0 Å². The lowest BCUT2D eigenvalue weighted by Crippen LogP contribution is -2.34. The van der Waals surface area contributed by atoms with Crippen LogP contribution in [0.3, 0.4) is 0 Å². The van der Waals surface area contributed by atoms with Crippen LogP contribution in [0, 0.1) is 0 Å². The van der Waals surface area contributed by atoms with Crippen molar-refractivity contribution in [2.45, 2.75) is 25.8 Å². The molecule has 0 spiro atoms. The van der Waals surface area contributed by atoms with Crippen LogP contribution in [0.15, 0.2) is 11.6 Å². The minimum absolute atomic E-state index is 0.213. The van der Waals surface area contributed by atoms with Crippen molar-refractivity contribution in [2.75, 3.05) is 26.4 Å². The van der Waals surface area contributed by atoms with Crippen molar-refractivity contribution >= 4 is 0 Å². The third-order valence-corrected chi connectivity index (χ3v) is 2.31. The fraction of sp³-hybridized carbons (Fsp3) is 0.800. The molecular formula is C10H19NO2. The first-order valence-corrected chi connectivity index (χ1v) is 4.96. The van der Waals surface area contributed by atoms with Gasteiger partial charge in [-0.2, -0.15) is 0 Å². The molecule has 0 radical (unpaired) electrons. The van der Waals surface area contributed by atoms with Crippen molar-refractivity contribution in [1.29, 1.82) is 0 Å². The Morgan fingerprint density at radius 1 is 1.69 bits per heavy atom. The molecule has 3 heteroatoms. The Hall–Kier alpha value is -0.380. The normalized spacial score (nSPS) is 19.7. The molecule has 0 bridgehead atoms. The molecule has 0 aromatic carbocycles. The maximum Gasteiger partial charge on any atom is 0.0689 e. The number of nitrogens with one attached hydrogen (secondary N) is 1. The van der Waals surface area contributed by atoms with E-state index in [2.05, 4.69) is 18.3 Å².